The number of hydrogen-bond acceptors (Lipinski definition) is 0. The van der Waals surface area contributed by atoms with Crippen LogP contribution in [0.5, 0.6) is 0 Å². The smallest absolute Gasteiger partial charge is 0.211 e. The van der Waals surface area contributed by atoms with Gasteiger partial charge in [0.2, 0.25) is 6.43 Å². The molecular formula is C2H5F2Si. The fraction of sp³-hybridized carbons (Fsp3) is 1.00. The third-order valence-corrected chi connectivity index (χ3v) is 0.655. The highest BCUT2D eigenvalue weighted by atomic mass is 28.1. The summed E-state index contributed by atoms with van der Waals surface area (Å²) >= 11 is 0. The van der Waals surface area contributed by atoms with Gasteiger partial charge < -0.3 is 0 Å². The number of halogens is 2. The first-order chi connectivity index (χ1) is 2.27. The van der Waals surface area contributed by atoms with Gasteiger partial charge >= 0.3 is 0 Å². The fourth-order valence-electron chi connectivity index (χ4n) is 0. The average Bonchev–Trinajstić information content (AvgIpc) is 1.38. The summed E-state index contributed by atoms with van der Waals surface area (Å²) in [7, 11) is 1.28. The van der Waals surface area contributed by atoms with E-state index < -0.39 is 6.43 Å². The van der Waals surface area contributed by atoms with E-state index in [1.54, 1.807) is 0 Å². The molecule has 0 atom stereocenters. The highest BCUT2D eigenvalue weighted by Crippen LogP contribution is 1.92. The lowest BCUT2D eigenvalue weighted by molar-refractivity contribution is 0.172. The molecule has 0 nitrogen and oxygen atoms in total. The van der Waals surface area contributed by atoms with Crippen molar-refractivity contribution in [3.63, 3.8) is 0 Å². The van der Waals surface area contributed by atoms with Crippen LogP contribution in [-0.2, 0) is 0 Å². The zero-order chi connectivity index (χ0) is 4.28. The van der Waals surface area contributed by atoms with Crippen molar-refractivity contribution >= 4 is 10.2 Å². The Bertz CT molecular complexity index is 21.6. The topological polar surface area (TPSA) is 0 Å². The Morgan fingerprint density at radius 1 is 1.60 bits per heavy atom. The van der Waals surface area contributed by atoms with Crippen LogP contribution in [0.2, 0.25) is 6.04 Å². The van der Waals surface area contributed by atoms with E-state index >= 15 is 0 Å². The Morgan fingerprint density at radius 3 is 1.80 bits per heavy atom. The molecule has 0 fully saturated rings. The van der Waals surface area contributed by atoms with Gasteiger partial charge in [-0.25, -0.2) is 8.78 Å². The molecule has 0 saturated heterocycles. The average molecular weight is 95.1 g/mol. The first kappa shape index (κ1) is 5.08. The van der Waals surface area contributed by atoms with E-state index in [2.05, 4.69) is 0 Å². The van der Waals surface area contributed by atoms with Crippen LogP contribution in [0.15, 0.2) is 0 Å². The molecule has 0 saturated carbocycles. The SMILES string of the molecule is FC(F)C[SiH2]. The fourth-order valence-corrected chi connectivity index (χ4v) is 0. The van der Waals surface area contributed by atoms with Crippen LogP contribution < -0.4 is 0 Å². The molecule has 0 aromatic heterocycles. The molecule has 5 heavy (non-hydrogen) atoms. The first-order valence-electron chi connectivity index (χ1n) is 1.34. The molecular weight excluding hydrogens is 90.1 g/mol. The normalized spacial score (nSPS) is 9.60. The zero-order valence-electron chi connectivity index (χ0n) is 2.75. The van der Waals surface area contributed by atoms with Crippen molar-refractivity contribution in [3.05, 3.63) is 0 Å². The predicted molar refractivity (Wildman–Crippen MR) is 19.4 cm³/mol. The minimum atomic E-state index is -2.10. The second-order valence-electron chi connectivity index (χ2n) is 0.680. The van der Waals surface area contributed by atoms with Crippen molar-refractivity contribution < 1.29 is 8.78 Å². The van der Waals surface area contributed by atoms with E-state index in [0.29, 0.717) is 0 Å². The van der Waals surface area contributed by atoms with Gasteiger partial charge in [0.25, 0.3) is 0 Å². The van der Waals surface area contributed by atoms with Crippen LogP contribution in [0.4, 0.5) is 8.78 Å². The maximum atomic E-state index is 10.8. The third-order valence-electron chi connectivity index (χ3n) is 0.218. The molecule has 0 amide bonds. The van der Waals surface area contributed by atoms with E-state index in [4.69, 9.17) is 0 Å². The molecule has 0 aliphatic carbocycles. The maximum Gasteiger partial charge on any atom is 0.235 e. The van der Waals surface area contributed by atoms with Crippen LogP contribution >= 0.6 is 0 Å². The molecule has 0 aliphatic heterocycles. The standard InChI is InChI=1S/C2H5F2Si/c3-2(4)1-5/h2H,1,5H2. The summed E-state index contributed by atoms with van der Waals surface area (Å²) in [5.74, 6) is 0. The number of rotatable bonds is 1. The predicted octanol–water partition coefficient (Wildman–Crippen LogP) is 0.303. The van der Waals surface area contributed by atoms with Gasteiger partial charge in [0.05, 0.1) is 0 Å². The van der Waals surface area contributed by atoms with E-state index in [1.165, 1.54) is 10.2 Å². The monoisotopic (exact) mass is 95.0 g/mol. The molecule has 31 valence electrons. The molecule has 0 N–H and O–H groups in total. The van der Waals surface area contributed by atoms with Crippen LogP contribution in [0.25, 0.3) is 0 Å². The lowest BCUT2D eigenvalue weighted by Crippen LogP contribution is -1.83. The van der Waals surface area contributed by atoms with E-state index in [0.717, 1.165) is 0 Å². The largest absolute Gasteiger partial charge is 0.235 e. The summed E-state index contributed by atoms with van der Waals surface area (Å²) in [6.45, 7) is 0. The molecule has 0 bridgehead atoms. The van der Waals surface area contributed by atoms with Gasteiger partial charge in [0.15, 0.2) is 0 Å². The molecule has 1 radical (unpaired) electrons. The molecule has 0 rings (SSSR count). The lowest BCUT2D eigenvalue weighted by atomic mass is 10.9. The second kappa shape index (κ2) is 2.32. The van der Waals surface area contributed by atoms with Gasteiger partial charge in [-0.1, -0.05) is 0 Å². The maximum absolute atomic E-state index is 10.8. The molecule has 0 aromatic rings. The van der Waals surface area contributed by atoms with E-state index in [-0.39, 0.29) is 6.04 Å². The Morgan fingerprint density at radius 2 is 1.80 bits per heavy atom. The lowest BCUT2D eigenvalue weighted by Gasteiger charge is -1.81. The van der Waals surface area contributed by atoms with Crippen LogP contribution in [0.3, 0.4) is 0 Å². The molecule has 3 heteroatoms. The van der Waals surface area contributed by atoms with Gasteiger partial charge in [-0.3, -0.25) is 0 Å². The zero-order valence-corrected chi connectivity index (χ0v) is 4.16. The van der Waals surface area contributed by atoms with E-state index in [9.17, 15) is 8.78 Å². The number of alkyl halides is 2. The van der Waals surface area contributed by atoms with Gasteiger partial charge in [0.1, 0.15) is 0 Å². The molecule has 0 unspecified atom stereocenters. The minimum absolute atomic E-state index is 0. The van der Waals surface area contributed by atoms with Gasteiger partial charge in [-0.05, 0) is 6.04 Å². The Balaban J connectivity index is 2.54. The summed E-state index contributed by atoms with van der Waals surface area (Å²) in [6, 6.07) is 0. The van der Waals surface area contributed by atoms with Crippen LogP contribution in [-0.4, -0.2) is 16.7 Å². The summed E-state index contributed by atoms with van der Waals surface area (Å²) in [4.78, 5) is 0. The van der Waals surface area contributed by atoms with Gasteiger partial charge in [-0.2, -0.15) is 0 Å². The summed E-state index contributed by atoms with van der Waals surface area (Å²) in [5.41, 5.74) is 0. The molecule has 0 aromatic carbocycles. The highest BCUT2D eigenvalue weighted by molar-refractivity contribution is 6.08. The van der Waals surface area contributed by atoms with Crippen LogP contribution in [0, 0.1) is 0 Å². The van der Waals surface area contributed by atoms with Crippen molar-refractivity contribution in [1.29, 1.82) is 0 Å². The van der Waals surface area contributed by atoms with Crippen LogP contribution in [0.1, 0.15) is 0 Å². The second-order valence-corrected chi connectivity index (χ2v) is 1.26. The Hall–Kier alpha value is 0.0769. The number of hydrogen-bond donors (Lipinski definition) is 0. The van der Waals surface area contributed by atoms with Crippen molar-refractivity contribution in [3.8, 4) is 0 Å². The van der Waals surface area contributed by atoms with Gasteiger partial charge in [-0.15, -0.1) is 0 Å². The Kier molecular flexibility index (Phi) is 2.36. The minimum Gasteiger partial charge on any atom is -0.211 e. The summed E-state index contributed by atoms with van der Waals surface area (Å²) < 4.78 is 21.5. The van der Waals surface area contributed by atoms with Crippen molar-refractivity contribution in [1.82, 2.24) is 0 Å². The quantitative estimate of drug-likeness (QED) is 0.411. The summed E-state index contributed by atoms with van der Waals surface area (Å²) in [5, 5.41) is 0. The molecule has 0 spiro atoms. The third kappa shape index (κ3) is 4.08. The van der Waals surface area contributed by atoms with Gasteiger partial charge in [0, 0.05) is 10.2 Å². The first-order valence-corrected chi connectivity index (χ1v) is 2.34. The summed E-state index contributed by atoms with van der Waals surface area (Å²) in [6.07, 6.45) is -2.10. The van der Waals surface area contributed by atoms with E-state index in [1.807, 2.05) is 0 Å². The molecule has 0 heterocycles. The van der Waals surface area contributed by atoms with Crippen molar-refractivity contribution in [2.75, 3.05) is 0 Å². The van der Waals surface area contributed by atoms with Crippen molar-refractivity contribution in [2.24, 2.45) is 0 Å². The molecule has 0 aliphatic rings. The highest BCUT2D eigenvalue weighted by Gasteiger charge is 1.91. The Labute approximate surface area is 32.6 Å². The van der Waals surface area contributed by atoms with Crippen molar-refractivity contribution in [2.45, 2.75) is 12.5 Å².